The number of ether oxygens (including phenoxy) is 1. The molecule has 0 fully saturated rings. The quantitative estimate of drug-likeness (QED) is 0.706. The number of hydrogen-bond acceptors (Lipinski definition) is 4. The molecule has 0 atom stereocenters. The molecule has 0 amide bonds. The van der Waals surface area contributed by atoms with Crippen molar-refractivity contribution >= 4 is 15.5 Å². The summed E-state index contributed by atoms with van der Waals surface area (Å²) in [5.41, 5.74) is 9.29. The second-order valence-corrected chi connectivity index (χ2v) is 7.84. The van der Waals surface area contributed by atoms with Gasteiger partial charge in [0, 0.05) is 17.5 Å². The van der Waals surface area contributed by atoms with Gasteiger partial charge in [0.15, 0.2) is 9.84 Å². The SMILES string of the molecule is CS(=O)(=O)c1ccc(-c2cc(N)ccc2OCc2ccccc2)cc1. The van der Waals surface area contributed by atoms with E-state index in [1.54, 1.807) is 30.3 Å². The van der Waals surface area contributed by atoms with Crippen LogP contribution in [0, 0.1) is 0 Å². The number of rotatable bonds is 5. The Morgan fingerprint density at radius 1 is 0.920 bits per heavy atom. The van der Waals surface area contributed by atoms with Crippen LogP contribution in [0.25, 0.3) is 11.1 Å². The Morgan fingerprint density at radius 3 is 2.24 bits per heavy atom. The Morgan fingerprint density at radius 2 is 1.60 bits per heavy atom. The van der Waals surface area contributed by atoms with Gasteiger partial charge >= 0.3 is 0 Å². The van der Waals surface area contributed by atoms with Crippen molar-refractivity contribution in [2.24, 2.45) is 0 Å². The zero-order chi connectivity index (χ0) is 17.9. The number of anilines is 1. The molecule has 25 heavy (non-hydrogen) atoms. The van der Waals surface area contributed by atoms with Crippen molar-refractivity contribution in [2.75, 3.05) is 12.0 Å². The van der Waals surface area contributed by atoms with Crippen molar-refractivity contribution in [3.63, 3.8) is 0 Å². The molecule has 0 radical (unpaired) electrons. The molecule has 0 bridgehead atoms. The molecular weight excluding hydrogens is 334 g/mol. The second-order valence-electron chi connectivity index (χ2n) is 5.83. The van der Waals surface area contributed by atoms with E-state index >= 15 is 0 Å². The van der Waals surface area contributed by atoms with Crippen LogP contribution in [0.3, 0.4) is 0 Å². The van der Waals surface area contributed by atoms with E-state index in [4.69, 9.17) is 10.5 Å². The summed E-state index contributed by atoms with van der Waals surface area (Å²) in [6, 6.07) is 22.0. The molecule has 0 heterocycles. The lowest BCUT2D eigenvalue weighted by Gasteiger charge is -2.13. The van der Waals surface area contributed by atoms with Crippen LogP contribution in [0.2, 0.25) is 0 Å². The summed E-state index contributed by atoms with van der Waals surface area (Å²) < 4.78 is 29.2. The zero-order valence-electron chi connectivity index (χ0n) is 13.8. The zero-order valence-corrected chi connectivity index (χ0v) is 14.7. The molecule has 0 unspecified atom stereocenters. The molecule has 128 valence electrons. The Balaban J connectivity index is 1.91. The highest BCUT2D eigenvalue weighted by Gasteiger charge is 2.11. The van der Waals surface area contributed by atoms with Crippen molar-refractivity contribution < 1.29 is 13.2 Å². The van der Waals surface area contributed by atoms with Gasteiger partial charge in [0.2, 0.25) is 0 Å². The van der Waals surface area contributed by atoms with E-state index in [1.807, 2.05) is 42.5 Å². The second kappa shape index (κ2) is 6.99. The predicted octanol–water partition coefficient (Wildman–Crippen LogP) is 3.92. The van der Waals surface area contributed by atoms with E-state index in [2.05, 4.69) is 0 Å². The topological polar surface area (TPSA) is 69.4 Å². The highest BCUT2D eigenvalue weighted by Crippen LogP contribution is 2.33. The van der Waals surface area contributed by atoms with Gasteiger partial charge in [-0.05, 0) is 41.5 Å². The molecule has 0 aromatic heterocycles. The van der Waals surface area contributed by atoms with Crippen LogP contribution >= 0.6 is 0 Å². The van der Waals surface area contributed by atoms with Crippen molar-refractivity contribution in [3.05, 3.63) is 78.4 Å². The van der Waals surface area contributed by atoms with Gasteiger partial charge in [-0.1, -0.05) is 42.5 Å². The fourth-order valence-electron chi connectivity index (χ4n) is 2.52. The molecule has 0 aliphatic rings. The number of benzene rings is 3. The summed E-state index contributed by atoms with van der Waals surface area (Å²) in [7, 11) is -3.22. The lowest BCUT2D eigenvalue weighted by molar-refractivity contribution is 0.307. The van der Waals surface area contributed by atoms with Crippen molar-refractivity contribution in [1.82, 2.24) is 0 Å². The molecule has 4 nitrogen and oxygen atoms in total. The lowest BCUT2D eigenvalue weighted by Crippen LogP contribution is -1.99. The summed E-state index contributed by atoms with van der Waals surface area (Å²) in [5, 5.41) is 0. The Labute approximate surface area is 147 Å². The first-order chi connectivity index (χ1) is 11.9. The Bertz CT molecular complexity index is 966. The highest BCUT2D eigenvalue weighted by molar-refractivity contribution is 7.90. The number of hydrogen-bond donors (Lipinski definition) is 1. The summed E-state index contributed by atoms with van der Waals surface area (Å²) in [4.78, 5) is 0.284. The van der Waals surface area contributed by atoms with Crippen molar-refractivity contribution in [3.8, 4) is 16.9 Å². The Hall–Kier alpha value is -2.79. The summed E-state index contributed by atoms with van der Waals surface area (Å²) in [5.74, 6) is 0.699. The Kier molecular flexibility index (Phi) is 4.76. The monoisotopic (exact) mass is 353 g/mol. The largest absolute Gasteiger partial charge is 0.488 e. The van der Waals surface area contributed by atoms with Crippen LogP contribution in [-0.4, -0.2) is 14.7 Å². The van der Waals surface area contributed by atoms with Gasteiger partial charge in [-0.2, -0.15) is 0 Å². The van der Waals surface area contributed by atoms with E-state index in [9.17, 15) is 8.42 Å². The average molecular weight is 353 g/mol. The van der Waals surface area contributed by atoms with E-state index in [0.29, 0.717) is 18.0 Å². The minimum absolute atomic E-state index is 0.284. The van der Waals surface area contributed by atoms with Crippen LogP contribution in [0.5, 0.6) is 5.75 Å². The van der Waals surface area contributed by atoms with Gasteiger partial charge < -0.3 is 10.5 Å². The third-order valence-corrected chi connectivity index (χ3v) is 4.96. The maximum absolute atomic E-state index is 11.6. The molecule has 5 heteroatoms. The molecular formula is C20H19NO3S. The highest BCUT2D eigenvalue weighted by atomic mass is 32.2. The van der Waals surface area contributed by atoms with Gasteiger partial charge in [-0.25, -0.2) is 8.42 Å². The van der Waals surface area contributed by atoms with Crippen LogP contribution in [-0.2, 0) is 16.4 Å². The van der Waals surface area contributed by atoms with Crippen molar-refractivity contribution in [2.45, 2.75) is 11.5 Å². The van der Waals surface area contributed by atoms with Crippen molar-refractivity contribution in [1.29, 1.82) is 0 Å². The first kappa shape index (κ1) is 17.0. The van der Waals surface area contributed by atoms with E-state index in [1.165, 1.54) is 6.26 Å². The smallest absolute Gasteiger partial charge is 0.175 e. The summed E-state index contributed by atoms with van der Waals surface area (Å²) in [6.45, 7) is 0.444. The molecule has 3 aromatic carbocycles. The van der Waals surface area contributed by atoms with E-state index in [0.717, 1.165) is 16.7 Å². The maximum atomic E-state index is 11.6. The molecule has 0 aliphatic heterocycles. The van der Waals surface area contributed by atoms with Gasteiger partial charge in [0.25, 0.3) is 0 Å². The molecule has 3 rings (SSSR count). The van der Waals surface area contributed by atoms with Crippen LogP contribution in [0.15, 0.2) is 77.7 Å². The average Bonchev–Trinajstić information content (AvgIpc) is 2.61. The summed E-state index contributed by atoms with van der Waals surface area (Å²) in [6.07, 6.45) is 1.19. The van der Waals surface area contributed by atoms with E-state index < -0.39 is 9.84 Å². The fourth-order valence-corrected chi connectivity index (χ4v) is 3.15. The number of nitrogen functional groups attached to an aromatic ring is 1. The van der Waals surface area contributed by atoms with Gasteiger partial charge in [0.05, 0.1) is 4.90 Å². The van der Waals surface area contributed by atoms with Gasteiger partial charge in [-0.15, -0.1) is 0 Å². The lowest BCUT2D eigenvalue weighted by atomic mass is 10.0. The predicted molar refractivity (Wildman–Crippen MR) is 100 cm³/mol. The number of sulfone groups is 1. The van der Waals surface area contributed by atoms with Crippen LogP contribution in [0.4, 0.5) is 5.69 Å². The minimum atomic E-state index is -3.22. The van der Waals surface area contributed by atoms with Crippen LogP contribution in [0.1, 0.15) is 5.56 Å². The maximum Gasteiger partial charge on any atom is 0.175 e. The van der Waals surface area contributed by atoms with Crippen LogP contribution < -0.4 is 10.5 Å². The van der Waals surface area contributed by atoms with Gasteiger partial charge in [-0.3, -0.25) is 0 Å². The fraction of sp³-hybridized carbons (Fsp3) is 0.100. The first-order valence-electron chi connectivity index (χ1n) is 7.80. The molecule has 0 saturated heterocycles. The molecule has 2 N–H and O–H groups in total. The third kappa shape index (κ3) is 4.19. The molecule has 0 aliphatic carbocycles. The van der Waals surface area contributed by atoms with E-state index in [-0.39, 0.29) is 4.90 Å². The summed E-state index contributed by atoms with van der Waals surface area (Å²) >= 11 is 0. The van der Waals surface area contributed by atoms with Gasteiger partial charge in [0.1, 0.15) is 12.4 Å². The third-order valence-electron chi connectivity index (χ3n) is 3.83. The molecule has 0 spiro atoms. The standard InChI is InChI=1S/C20H19NO3S/c1-25(22,23)18-10-7-16(8-11-18)19-13-17(21)9-12-20(19)24-14-15-5-3-2-4-6-15/h2-13H,14,21H2,1H3. The molecule has 0 saturated carbocycles. The molecule has 3 aromatic rings. The number of nitrogens with two attached hydrogens (primary N) is 1. The minimum Gasteiger partial charge on any atom is -0.488 e. The first-order valence-corrected chi connectivity index (χ1v) is 9.69. The normalized spacial score (nSPS) is 11.2.